The maximum absolute atomic E-state index is 12.3. The molecular weight excluding hydrogens is 310 g/mol. The van der Waals surface area contributed by atoms with Gasteiger partial charge < -0.3 is 10.1 Å². The van der Waals surface area contributed by atoms with E-state index in [4.69, 9.17) is 4.74 Å². The molecule has 1 aromatic heterocycles. The zero-order valence-corrected chi connectivity index (χ0v) is 13.8. The molecular formula is C16H21N5O3. The van der Waals surface area contributed by atoms with Crippen molar-refractivity contribution in [1.82, 2.24) is 25.5 Å². The average Bonchev–Trinajstić information content (AvgIpc) is 3.10. The molecule has 1 heterocycles. The standard InChI is InChI=1S/C16H21N5O3/c1-12(2)15(16(23)24-10-13-6-4-3-5-7-13)18-14(22)8-9-21-11-17-19-20-21/h3-7,11-12,15H,8-10H2,1-2H3,(H,18,22)/t15-/m0/s1. The fourth-order valence-electron chi connectivity index (χ4n) is 2.06. The van der Waals surface area contributed by atoms with Gasteiger partial charge in [-0.1, -0.05) is 44.2 Å². The molecule has 0 saturated heterocycles. The SMILES string of the molecule is CC(C)[C@H](NC(=O)CCn1cnnn1)C(=O)OCc1ccccc1. The molecule has 1 N–H and O–H groups in total. The third-order valence-corrected chi connectivity index (χ3v) is 3.42. The van der Waals surface area contributed by atoms with Gasteiger partial charge in [0.25, 0.3) is 0 Å². The number of carbonyl (C=O) groups excluding carboxylic acids is 2. The van der Waals surface area contributed by atoms with Gasteiger partial charge in [-0.2, -0.15) is 0 Å². The van der Waals surface area contributed by atoms with Crippen molar-refractivity contribution in [3.8, 4) is 0 Å². The predicted molar refractivity (Wildman–Crippen MR) is 85.4 cm³/mol. The van der Waals surface area contributed by atoms with E-state index in [1.165, 1.54) is 11.0 Å². The van der Waals surface area contributed by atoms with Crippen LogP contribution in [0, 0.1) is 5.92 Å². The molecule has 0 fully saturated rings. The quantitative estimate of drug-likeness (QED) is 0.723. The summed E-state index contributed by atoms with van der Waals surface area (Å²) < 4.78 is 6.77. The van der Waals surface area contributed by atoms with Gasteiger partial charge in [0.15, 0.2) is 0 Å². The van der Waals surface area contributed by atoms with Crippen molar-refractivity contribution in [2.24, 2.45) is 5.92 Å². The molecule has 128 valence electrons. The molecule has 24 heavy (non-hydrogen) atoms. The van der Waals surface area contributed by atoms with Crippen LogP contribution in [0.4, 0.5) is 0 Å². The lowest BCUT2D eigenvalue weighted by Crippen LogP contribution is -2.45. The van der Waals surface area contributed by atoms with Crippen molar-refractivity contribution < 1.29 is 14.3 Å². The second kappa shape index (κ2) is 8.76. The van der Waals surface area contributed by atoms with E-state index in [1.807, 2.05) is 44.2 Å². The molecule has 1 aromatic carbocycles. The molecule has 8 heteroatoms. The number of nitrogens with zero attached hydrogens (tertiary/aromatic N) is 4. The second-order valence-corrected chi connectivity index (χ2v) is 5.71. The number of aryl methyl sites for hydroxylation is 1. The van der Waals surface area contributed by atoms with Crippen molar-refractivity contribution >= 4 is 11.9 Å². The van der Waals surface area contributed by atoms with E-state index in [9.17, 15) is 9.59 Å². The van der Waals surface area contributed by atoms with Gasteiger partial charge in [-0.05, 0) is 21.9 Å². The van der Waals surface area contributed by atoms with Crippen LogP contribution < -0.4 is 5.32 Å². The topological polar surface area (TPSA) is 99.0 Å². The fourth-order valence-corrected chi connectivity index (χ4v) is 2.06. The summed E-state index contributed by atoms with van der Waals surface area (Å²) in [6.45, 7) is 4.25. The van der Waals surface area contributed by atoms with Crippen LogP contribution >= 0.6 is 0 Å². The highest BCUT2D eigenvalue weighted by atomic mass is 16.5. The zero-order valence-electron chi connectivity index (χ0n) is 13.8. The Morgan fingerprint density at radius 1 is 1.25 bits per heavy atom. The Bertz CT molecular complexity index is 643. The summed E-state index contributed by atoms with van der Waals surface area (Å²) in [5.74, 6) is -0.768. The fraction of sp³-hybridized carbons (Fsp3) is 0.438. The molecule has 0 unspecified atom stereocenters. The Morgan fingerprint density at radius 2 is 2.00 bits per heavy atom. The molecule has 0 aliphatic heterocycles. The van der Waals surface area contributed by atoms with E-state index >= 15 is 0 Å². The van der Waals surface area contributed by atoms with E-state index in [2.05, 4.69) is 20.8 Å². The van der Waals surface area contributed by atoms with Crippen LogP contribution in [0.25, 0.3) is 0 Å². The van der Waals surface area contributed by atoms with E-state index in [0.29, 0.717) is 6.54 Å². The largest absolute Gasteiger partial charge is 0.459 e. The van der Waals surface area contributed by atoms with E-state index < -0.39 is 12.0 Å². The number of carbonyl (C=O) groups is 2. The van der Waals surface area contributed by atoms with Gasteiger partial charge in [0.2, 0.25) is 5.91 Å². The normalized spacial score (nSPS) is 12.0. The summed E-state index contributed by atoms with van der Waals surface area (Å²) in [6, 6.07) is 8.72. The molecule has 2 rings (SSSR count). The summed E-state index contributed by atoms with van der Waals surface area (Å²) >= 11 is 0. The van der Waals surface area contributed by atoms with E-state index in [0.717, 1.165) is 5.56 Å². The zero-order chi connectivity index (χ0) is 17.4. The van der Waals surface area contributed by atoms with Gasteiger partial charge in [0.1, 0.15) is 19.0 Å². The summed E-state index contributed by atoms with van der Waals surface area (Å²) in [5.41, 5.74) is 0.901. The van der Waals surface area contributed by atoms with Crippen LogP contribution in [-0.2, 0) is 27.5 Å². The highest BCUT2D eigenvalue weighted by Crippen LogP contribution is 2.08. The van der Waals surface area contributed by atoms with Crippen molar-refractivity contribution in [3.05, 3.63) is 42.2 Å². The second-order valence-electron chi connectivity index (χ2n) is 5.71. The maximum atomic E-state index is 12.3. The van der Waals surface area contributed by atoms with Crippen LogP contribution in [0.2, 0.25) is 0 Å². The van der Waals surface area contributed by atoms with Crippen molar-refractivity contribution in [2.75, 3.05) is 0 Å². The Kier molecular flexibility index (Phi) is 6.41. The molecule has 2 aromatic rings. The van der Waals surface area contributed by atoms with Crippen LogP contribution in [0.5, 0.6) is 0 Å². The van der Waals surface area contributed by atoms with E-state index in [1.54, 1.807) is 0 Å². The number of amides is 1. The van der Waals surface area contributed by atoms with Crippen LogP contribution in [-0.4, -0.2) is 38.1 Å². The lowest BCUT2D eigenvalue weighted by atomic mass is 10.0. The van der Waals surface area contributed by atoms with Crippen molar-refractivity contribution in [1.29, 1.82) is 0 Å². The minimum Gasteiger partial charge on any atom is -0.459 e. The Morgan fingerprint density at radius 3 is 2.62 bits per heavy atom. The number of hydrogen-bond acceptors (Lipinski definition) is 6. The van der Waals surface area contributed by atoms with Gasteiger partial charge in [0.05, 0.1) is 6.54 Å². The Labute approximate surface area is 140 Å². The van der Waals surface area contributed by atoms with Gasteiger partial charge in [0, 0.05) is 6.42 Å². The number of nitrogens with one attached hydrogen (secondary N) is 1. The number of benzene rings is 1. The van der Waals surface area contributed by atoms with Crippen molar-refractivity contribution in [2.45, 2.75) is 39.5 Å². The molecule has 0 bridgehead atoms. The van der Waals surface area contributed by atoms with Crippen LogP contribution in [0.15, 0.2) is 36.7 Å². The lowest BCUT2D eigenvalue weighted by Gasteiger charge is -2.21. The van der Waals surface area contributed by atoms with Gasteiger partial charge in [-0.15, -0.1) is 5.10 Å². The predicted octanol–water partition coefficient (Wildman–Crippen LogP) is 0.947. The third kappa shape index (κ3) is 5.45. The summed E-state index contributed by atoms with van der Waals surface area (Å²) in [7, 11) is 0. The van der Waals surface area contributed by atoms with Crippen LogP contribution in [0.1, 0.15) is 25.8 Å². The van der Waals surface area contributed by atoms with Gasteiger partial charge in [-0.3, -0.25) is 4.79 Å². The molecule has 0 spiro atoms. The molecule has 8 nitrogen and oxygen atoms in total. The Balaban J connectivity index is 1.83. The number of ether oxygens (including phenoxy) is 1. The number of aromatic nitrogens is 4. The first-order chi connectivity index (χ1) is 11.6. The maximum Gasteiger partial charge on any atom is 0.329 e. The summed E-state index contributed by atoms with van der Waals surface area (Å²) in [6.07, 6.45) is 1.61. The molecule has 0 radical (unpaired) electrons. The number of hydrogen-bond donors (Lipinski definition) is 1. The molecule has 0 aliphatic rings. The average molecular weight is 331 g/mol. The molecule has 0 aliphatic carbocycles. The van der Waals surface area contributed by atoms with E-state index in [-0.39, 0.29) is 24.9 Å². The van der Waals surface area contributed by atoms with Crippen LogP contribution in [0.3, 0.4) is 0 Å². The molecule has 0 saturated carbocycles. The molecule has 1 atom stereocenters. The lowest BCUT2D eigenvalue weighted by molar-refractivity contribution is -0.150. The van der Waals surface area contributed by atoms with Gasteiger partial charge in [-0.25, -0.2) is 9.48 Å². The Hall–Kier alpha value is -2.77. The minimum absolute atomic E-state index is 0.0785. The first kappa shape index (κ1) is 17.6. The smallest absolute Gasteiger partial charge is 0.329 e. The monoisotopic (exact) mass is 331 g/mol. The summed E-state index contributed by atoms with van der Waals surface area (Å²) in [4.78, 5) is 24.3. The number of esters is 1. The van der Waals surface area contributed by atoms with Crippen molar-refractivity contribution in [3.63, 3.8) is 0 Å². The number of rotatable bonds is 8. The third-order valence-electron chi connectivity index (χ3n) is 3.42. The first-order valence-corrected chi connectivity index (χ1v) is 7.77. The molecule has 1 amide bonds. The number of tetrazole rings is 1. The summed E-state index contributed by atoms with van der Waals surface area (Å²) in [5, 5.41) is 13.4. The highest BCUT2D eigenvalue weighted by molar-refractivity contribution is 5.84. The van der Waals surface area contributed by atoms with Gasteiger partial charge >= 0.3 is 5.97 Å². The first-order valence-electron chi connectivity index (χ1n) is 7.77. The highest BCUT2D eigenvalue weighted by Gasteiger charge is 2.25. The minimum atomic E-state index is -0.685.